The predicted octanol–water partition coefficient (Wildman–Crippen LogP) is 4.58. The van der Waals surface area contributed by atoms with Crippen molar-refractivity contribution in [2.75, 3.05) is 19.6 Å². The first kappa shape index (κ1) is 15.3. The maximum Gasteiger partial charge on any atom is 0.127 e. The summed E-state index contributed by atoms with van der Waals surface area (Å²) in [7, 11) is 0. The minimum atomic E-state index is -0.0717. The molecule has 21 heavy (non-hydrogen) atoms. The first-order valence-electron chi connectivity index (χ1n) is 7.67. The standard InChI is InChI=1S/C16H21BrClN3/c1-12(18)16-19-14-11-13(17)5-6-15(14)21(16)10-9-20-7-3-2-4-8-20/h5-6,11-12H,2-4,7-10H2,1H3. The molecule has 3 nitrogen and oxygen atoms in total. The van der Waals surface area contributed by atoms with Crippen LogP contribution in [-0.4, -0.2) is 34.1 Å². The number of hydrogen-bond donors (Lipinski definition) is 0. The molecule has 1 aromatic carbocycles. The Labute approximate surface area is 139 Å². The molecular formula is C16H21BrClN3. The van der Waals surface area contributed by atoms with Gasteiger partial charge in [-0.2, -0.15) is 0 Å². The quantitative estimate of drug-likeness (QED) is 0.734. The molecule has 0 amide bonds. The summed E-state index contributed by atoms with van der Waals surface area (Å²) < 4.78 is 3.35. The van der Waals surface area contributed by atoms with Gasteiger partial charge >= 0.3 is 0 Å². The van der Waals surface area contributed by atoms with Crippen LogP contribution in [0.25, 0.3) is 11.0 Å². The van der Waals surface area contributed by atoms with E-state index in [4.69, 9.17) is 16.6 Å². The molecule has 5 heteroatoms. The van der Waals surface area contributed by atoms with E-state index in [0.29, 0.717) is 0 Å². The molecule has 1 aliphatic heterocycles. The Morgan fingerprint density at radius 3 is 2.71 bits per heavy atom. The van der Waals surface area contributed by atoms with Crippen molar-refractivity contribution in [1.82, 2.24) is 14.5 Å². The molecule has 1 unspecified atom stereocenters. The number of fused-ring (bicyclic) bond motifs is 1. The Morgan fingerprint density at radius 1 is 1.24 bits per heavy atom. The van der Waals surface area contributed by atoms with Crippen LogP contribution < -0.4 is 0 Å². The maximum absolute atomic E-state index is 6.33. The van der Waals surface area contributed by atoms with Crippen LogP contribution in [0.2, 0.25) is 0 Å². The monoisotopic (exact) mass is 369 g/mol. The maximum atomic E-state index is 6.33. The van der Waals surface area contributed by atoms with Crippen molar-refractivity contribution in [3.63, 3.8) is 0 Å². The number of benzene rings is 1. The fourth-order valence-corrected chi connectivity index (χ4v) is 3.60. The molecule has 114 valence electrons. The van der Waals surface area contributed by atoms with Crippen LogP contribution in [-0.2, 0) is 6.54 Å². The third-order valence-corrected chi connectivity index (χ3v) is 4.87. The molecule has 0 aliphatic carbocycles. The lowest BCUT2D eigenvalue weighted by Gasteiger charge is -2.27. The minimum absolute atomic E-state index is 0.0717. The number of hydrogen-bond acceptors (Lipinski definition) is 2. The second-order valence-corrected chi connectivity index (χ2v) is 7.34. The van der Waals surface area contributed by atoms with Gasteiger partial charge in [0.2, 0.25) is 0 Å². The Kier molecular flexibility index (Phi) is 4.87. The number of alkyl halides is 1. The van der Waals surface area contributed by atoms with Crippen LogP contribution >= 0.6 is 27.5 Å². The molecule has 2 aromatic rings. The van der Waals surface area contributed by atoms with Crippen molar-refractivity contribution in [3.8, 4) is 0 Å². The summed E-state index contributed by atoms with van der Waals surface area (Å²) in [4.78, 5) is 7.27. The van der Waals surface area contributed by atoms with Crippen molar-refractivity contribution in [2.45, 2.75) is 38.1 Å². The zero-order valence-electron chi connectivity index (χ0n) is 12.4. The third kappa shape index (κ3) is 3.43. The van der Waals surface area contributed by atoms with Gasteiger partial charge in [-0.15, -0.1) is 11.6 Å². The van der Waals surface area contributed by atoms with E-state index in [0.717, 1.165) is 28.9 Å². The zero-order chi connectivity index (χ0) is 14.8. The van der Waals surface area contributed by atoms with E-state index in [1.54, 1.807) is 0 Å². The summed E-state index contributed by atoms with van der Waals surface area (Å²) in [6.07, 6.45) is 4.04. The van der Waals surface area contributed by atoms with Crippen LogP contribution in [0.15, 0.2) is 22.7 Å². The van der Waals surface area contributed by atoms with Gasteiger partial charge < -0.3 is 9.47 Å². The van der Waals surface area contributed by atoms with Gasteiger partial charge in [0.1, 0.15) is 5.82 Å². The largest absolute Gasteiger partial charge is 0.325 e. The smallest absolute Gasteiger partial charge is 0.127 e. The first-order valence-corrected chi connectivity index (χ1v) is 8.90. The lowest BCUT2D eigenvalue weighted by atomic mass is 10.1. The van der Waals surface area contributed by atoms with Gasteiger partial charge in [0.15, 0.2) is 0 Å². The second-order valence-electron chi connectivity index (χ2n) is 5.77. The minimum Gasteiger partial charge on any atom is -0.325 e. The van der Waals surface area contributed by atoms with Crippen LogP contribution in [0.3, 0.4) is 0 Å². The number of nitrogens with zero attached hydrogens (tertiary/aromatic N) is 3. The summed E-state index contributed by atoms with van der Waals surface area (Å²) in [6, 6.07) is 6.27. The zero-order valence-corrected chi connectivity index (χ0v) is 14.7. The predicted molar refractivity (Wildman–Crippen MR) is 92.0 cm³/mol. The molecule has 0 N–H and O–H groups in total. The fraction of sp³-hybridized carbons (Fsp3) is 0.562. The molecule has 1 atom stereocenters. The average molecular weight is 371 g/mol. The molecule has 0 bridgehead atoms. The molecule has 1 aliphatic rings. The van der Waals surface area contributed by atoms with Crippen molar-refractivity contribution >= 4 is 38.6 Å². The van der Waals surface area contributed by atoms with Gasteiger partial charge in [-0.1, -0.05) is 22.4 Å². The molecule has 1 fully saturated rings. The van der Waals surface area contributed by atoms with E-state index in [2.05, 4.69) is 43.6 Å². The Bertz CT molecular complexity index is 617. The third-order valence-electron chi connectivity index (χ3n) is 4.18. The normalized spacial score (nSPS) is 18.2. The Morgan fingerprint density at radius 2 is 2.00 bits per heavy atom. The summed E-state index contributed by atoms with van der Waals surface area (Å²) in [5.74, 6) is 0.974. The van der Waals surface area contributed by atoms with E-state index in [-0.39, 0.29) is 5.38 Å². The van der Waals surface area contributed by atoms with Gasteiger partial charge in [-0.3, -0.25) is 0 Å². The van der Waals surface area contributed by atoms with Crippen LogP contribution in [0.4, 0.5) is 0 Å². The van der Waals surface area contributed by atoms with Crippen LogP contribution in [0, 0.1) is 0 Å². The van der Waals surface area contributed by atoms with E-state index in [1.165, 1.54) is 37.9 Å². The summed E-state index contributed by atoms with van der Waals surface area (Å²) in [5.41, 5.74) is 2.20. The summed E-state index contributed by atoms with van der Waals surface area (Å²) in [6.45, 7) is 6.49. The lowest BCUT2D eigenvalue weighted by Crippen LogP contribution is -2.32. The number of aromatic nitrogens is 2. The molecule has 1 aromatic heterocycles. The van der Waals surface area contributed by atoms with Gasteiger partial charge in [-0.05, 0) is 51.1 Å². The van der Waals surface area contributed by atoms with E-state index in [1.807, 2.05) is 6.92 Å². The van der Waals surface area contributed by atoms with Crippen molar-refractivity contribution < 1.29 is 0 Å². The average Bonchev–Trinajstić information content (AvgIpc) is 2.84. The molecule has 0 spiro atoms. The van der Waals surface area contributed by atoms with Gasteiger partial charge in [0.05, 0.1) is 16.4 Å². The van der Waals surface area contributed by atoms with Crippen molar-refractivity contribution in [1.29, 1.82) is 0 Å². The molecule has 3 rings (SSSR count). The summed E-state index contributed by atoms with van der Waals surface area (Å²) in [5, 5.41) is -0.0717. The van der Waals surface area contributed by atoms with E-state index < -0.39 is 0 Å². The van der Waals surface area contributed by atoms with Crippen molar-refractivity contribution in [3.05, 3.63) is 28.5 Å². The molecule has 1 saturated heterocycles. The number of piperidine rings is 1. The van der Waals surface area contributed by atoms with E-state index in [9.17, 15) is 0 Å². The Hall–Kier alpha value is -0.580. The summed E-state index contributed by atoms with van der Waals surface area (Å²) >= 11 is 9.85. The first-order chi connectivity index (χ1) is 10.1. The number of rotatable bonds is 4. The topological polar surface area (TPSA) is 21.1 Å². The molecule has 0 radical (unpaired) electrons. The highest BCUT2D eigenvalue weighted by molar-refractivity contribution is 9.10. The SMILES string of the molecule is CC(Cl)c1nc2cc(Br)ccc2n1CCN1CCCCC1. The highest BCUT2D eigenvalue weighted by Gasteiger charge is 2.16. The van der Waals surface area contributed by atoms with Crippen molar-refractivity contribution in [2.24, 2.45) is 0 Å². The van der Waals surface area contributed by atoms with Crippen LogP contribution in [0.5, 0.6) is 0 Å². The second kappa shape index (κ2) is 6.67. The van der Waals surface area contributed by atoms with Crippen LogP contribution in [0.1, 0.15) is 37.4 Å². The molecule has 0 saturated carbocycles. The highest BCUT2D eigenvalue weighted by atomic mass is 79.9. The number of halogens is 2. The number of imidazole rings is 1. The molecule has 2 heterocycles. The number of likely N-dealkylation sites (tertiary alicyclic amines) is 1. The lowest BCUT2D eigenvalue weighted by molar-refractivity contribution is 0.221. The van der Waals surface area contributed by atoms with Gasteiger partial charge in [0.25, 0.3) is 0 Å². The van der Waals surface area contributed by atoms with E-state index >= 15 is 0 Å². The Balaban J connectivity index is 1.86. The van der Waals surface area contributed by atoms with Gasteiger partial charge in [-0.25, -0.2) is 4.98 Å². The highest BCUT2D eigenvalue weighted by Crippen LogP contribution is 2.26. The fourth-order valence-electron chi connectivity index (χ4n) is 3.08. The molecular weight excluding hydrogens is 350 g/mol. The van der Waals surface area contributed by atoms with Gasteiger partial charge in [0, 0.05) is 17.6 Å².